The second-order valence-corrected chi connectivity index (χ2v) is 5.69. The SMILES string of the molecule is Cc1cccc2c1C1CCC2C2C=CC=[C-]C12.[Yb]. The van der Waals surface area contributed by atoms with Gasteiger partial charge in [0.05, 0.1) is 0 Å². The van der Waals surface area contributed by atoms with E-state index in [1.165, 1.54) is 18.4 Å². The zero-order chi connectivity index (χ0) is 11.4. The molecule has 0 saturated heterocycles. The van der Waals surface area contributed by atoms with Crippen LogP contribution in [0.15, 0.2) is 36.4 Å². The monoisotopic (exact) mass is 395 g/mol. The standard InChI is InChI=1S/C17H17.Yb/c1-11-5-4-8-15-14-9-10-16(17(11)15)13-7-3-2-6-12(13)14;/h2-6,8,12-14,16H,9-10H2,1H3;/q-1;. The number of aryl methyl sites for hydroxylation is 1. The summed E-state index contributed by atoms with van der Waals surface area (Å²) in [6.07, 6.45) is 13.1. The van der Waals surface area contributed by atoms with Crippen molar-refractivity contribution < 1.29 is 46.9 Å². The third-order valence-corrected chi connectivity index (χ3v) is 4.95. The van der Waals surface area contributed by atoms with Crippen molar-refractivity contribution in [1.82, 2.24) is 0 Å². The summed E-state index contributed by atoms with van der Waals surface area (Å²) in [7, 11) is 0. The van der Waals surface area contributed by atoms with E-state index in [1.807, 2.05) is 0 Å². The van der Waals surface area contributed by atoms with Gasteiger partial charge in [0, 0.05) is 46.9 Å². The molecule has 4 atom stereocenters. The van der Waals surface area contributed by atoms with Gasteiger partial charge in [0.25, 0.3) is 0 Å². The van der Waals surface area contributed by atoms with Crippen LogP contribution in [0.4, 0.5) is 0 Å². The fourth-order valence-electron chi connectivity index (χ4n) is 4.30. The molecule has 1 saturated carbocycles. The van der Waals surface area contributed by atoms with Crippen LogP contribution in [0.25, 0.3) is 0 Å². The molecule has 0 spiro atoms. The Morgan fingerprint density at radius 2 is 2.00 bits per heavy atom. The predicted molar refractivity (Wildman–Crippen MR) is 69.8 cm³/mol. The van der Waals surface area contributed by atoms with Crippen LogP contribution in [0.3, 0.4) is 0 Å². The van der Waals surface area contributed by atoms with E-state index in [1.54, 1.807) is 11.1 Å². The quantitative estimate of drug-likeness (QED) is 0.581. The second-order valence-electron chi connectivity index (χ2n) is 5.69. The summed E-state index contributed by atoms with van der Waals surface area (Å²) in [5, 5.41) is 0. The number of hydrogen-bond donors (Lipinski definition) is 0. The number of fused-ring (bicyclic) bond motifs is 1. The second kappa shape index (κ2) is 4.96. The van der Waals surface area contributed by atoms with Crippen LogP contribution in [-0.4, -0.2) is 0 Å². The fraction of sp³-hybridized carbons (Fsp3) is 0.412. The zero-order valence-electron chi connectivity index (χ0n) is 10.5. The Hall–Kier alpha value is 0.219. The number of benzene rings is 1. The molecule has 0 amide bonds. The van der Waals surface area contributed by atoms with Crippen LogP contribution in [-0.2, 0) is 0 Å². The Bertz CT molecular complexity index is 526. The summed E-state index contributed by atoms with van der Waals surface area (Å²) in [5.74, 6) is 2.83. The van der Waals surface area contributed by atoms with E-state index in [0.29, 0.717) is 11.8 Å². The molecule has 4 unspecified atom stereocenters. The molecule has 1 fully saturated rings. The van der Waals surface area contributed by atoms with Crippen LogP contribution in [0.1, 0.15) is 41.4 Å². The molecule has 0 N–H and O–H groups in total. The third kappa shape index (κ3) is 1.76. The van der Waals surface area contributed by atoms with Gasteiger partial charge in [-0.3, -0.25) is 6.08 Å². The van der Waals surface area contributed by atoms with Crippen LogP contribution >= 0.6 is 0 Å². The van der Waals surface area contributed by atoms with Gasteiger partial charge in [-0.15, -0.1) is 0 Å². The third-order valence-electron chi connectivity index (χ3n) is 4.95. The Kier molecular flexibility index (Phi) is 3.64. The first-order chi connectivity index (χ1) is 8.36. The Morgan fingerprint density at radius 3 is 2.89 bits per heavy atom. The van der Waals surface area contributed by atoms with Gasteiger partial charge in [0.2, 0.25) is 0 Å². The summed E-state index contributed by atoms with van der Waals surface area (Å²) in [6, 6.07) is 6.87. The van der Waals surface area contributed by atoms with Crippen LogP contribution in [0.5, 0.6) is 0 Å². The van der Waals surface area contributed by atoms with Gasteiger partial charge in [-0.2, -0.15) is 6.08 Å². The summed E-state index contributed by atoms with van der Waals surface area (Å²) in [4.78, 5) is 0. The average molecular weight is 394 g/mol. The molecule has 18 heavy (non-hydrogen) atoms. The maximum atomic E-state index is 3.61. The Balaban J connectivity index is 0.000001000. The minimum atomic E-state index is 0. The summed E-state index contributed by atoms with van der Waals surface area (Å²) in [6.45, 7) is 2.27. The number of rotatable bonds is 0. The van der Waals surface area contributed by atoms with Crippen molar-refractivity contribution in [3.63, 3.8) is 0 Å². The topological polar surface area (TPSA) is 0 Å². The van der Waals surface area contributed by atoms with Crippen molar-refractivity contribution in [2.45, 2.75) is 31.6 Å². The van der Waals surface area contributed by atoms with E-state index < -0.39 is 0 Å². The summed E-state index contributed by atoms with van der Waals surface area (Å²) >= 11 is 0. The first-order valence-corrected chi connectivity index (χ1v) is 6.72. The zero-order valence-corrected chi connectivity index (χ0v) is 12.2. The van der Waals surface area contributed by atoms with E-state index in [2.05, 4.69) is 49.4 Å². The molecule has 5 rings (SSSR count). The minimum Gasteiger partial charge on any atom is -0.271 e. The summed E-state index contributed by atoms with van der Waals surface area (Å²) in [5.41, 5.74) is 4.78. The minimum absolute atomic E-state index is 0. The maximum absolute atomic E-state index is 3.61. The summed E-state index contributed by atoms with van der Waals surface area (Å²) < 4.78 is 0. The first kappa shape index (κ1) is 13.2. The Morgan fingerprint density at radius 1 is 1.17 bits per heavy atom. The van der Waals surface area contributed by atoms with E-state index in [0.717, 1.165) is 11.8 Å². The smallest absolute Gasteiger partial charge is 0 e. The van der Waals surface area contributed by atoms with Crippen molar-refractivity contribution in [3.8, 4) is 0 Å². The maximum Gasteiger partial charge on any atom is 0 e. The molecule has 100 valence electrons. The normalized spacial score (nSPS) is 34.7. The van der Waals surface area contributed by atoms with E-state index in [4.69, 9.17) is 0 Å². The van der Waals surface area contributed by atoms with Crippen molar-refractivity contribution in [2.75, 3.05) is 0 Å². The molecule has 1 aromatic carbocycles. The van der Waals surface area contributed by atoms with Crippen LogP contribution < -0.4 is 0 Å². The van der Waals surface area contributed by atoms with Crippen LogP contribution in [0, 0.1) is 71.8 Å². The number of hydrogen-bond acceptors (Lipinski definition) is 0. The molecule has 0 aromatic heterocycles. The van der Waals surface area contributed by atoms with E-state index in [9.17, 15) is 0 Å². The molecule has 4 aliphatic carbocycles. The predicted octanol–water partition coefficient (Wildman–Crippen LogP) is 4.13. The van der Waals surface area contributed by atoms with Gasteiger partial charge in [-0.05, 0) is 54.2 Å². The van der Waals surface area contributed by atoms with E-state index in [-0.39, 0.29) is 46.9 Å². The van der Waals surface area contributed by atoms with Crippen molar-refractivity contribution in [3.05, 3.63) is 59.2 Å². The first-order valence-electron chi connectivity index (χ1n) is 6.72. The average Bonchev–Trinajstić information content (AvgIpc) is 2.40. The van der Waals surface area contributed by atoms with Gasteiger partial charge in [0.15, 0.2) is 0 Å². The van der Waals surface area contributed by atoms with E-state index >= 15 is 0 Å². The molecule has 0 heterocycles. The van der Waals surface area contributed by atoms with Crippen LogP contribution in [0.2, 0.25) is 0 Å². The number of allylic oxidation sites excluding steroid dienone is 4. The van der Waals surface area contributed by atoms with Gasteiger partial charge in [0.1, 0.15) is 0 Å². The molecule has 0 aliphatic heterocycles. The van der Waals surface area contributed by atoms with Crippen molar-refractivity contribution >= 4 is 0 Å². The molecule has 2 bridgehead atoms. The molecule has 4 aliphatic rings. The van der Waals surface area contributed by atoms with Crippen molar-refractivity contribution in [2.24, 2.45) is 11.8 Å². The molecule has 1 heteroatoms. The largest absolute Gasteiger partial charge is 0.271 e. The van der Waals surface area contributed by atoms with Gasteiger partial charge < -0.3 is 0 Å². The molecule has 1 aromatic rings. The van der Waals surface area contributed by atoms with Gasteiger partial charge in [-0.25, -0.2) is 12.2 Å². The molecular weight excluding hydrogens is 377 g/mol. The Labute approximate surface area is 148 Å². The van der Waals surface area contributed by atoms with Crippen molar-refractivity contribution in [1.29, 1.82) is 0 Å². The molecular formula is C17H17Yb-. The molecule has 0 radical (unpaired) electrons. The van der Waals surface area contributed by atoms with Gasteiger partial charge >= 0.3 is 0 Å². The fourth-order valence-corrected chi connectivity index (χ4v) is 4.30. The van der Waals surface area contributed by atoms with Gasteiger partial charge in [-0.1, -0.05) is 24.1 Å². The molecule has 0 nitrogen and oxygen atoms in total.